The Bertz CT molecular complexity index is 1640. The SMILES string of the molecule is CCCCCCCCOc1ccc2nc(-c3ccc(OC(=O)c4ccc5cc(OCC)ccc5c4)cc3O)oc2c1. The highest BCUT2D eigenvalue weighted by Crippen LogP contribution is 2.35. The maximum atomic E-state index is 12.8. The third kappa shape index (κ3) is 6.98. The quantitative estimate of drug-likeness (QED) is 0.0885. The van der Waals surface area contributed by atoms with Crippen LogP contribution >= 0.6 is 0 Å². The van der Waals surface area contributed by atoms with Gasteiger partial charge < -0.3 is 23.7 Å². The number of phenols is 1. The molecule has 0 amide bonds. The number of unbranched alkanes of at least 4 members (excludes halogenated alkanes) is 5. The maximum absolute atomic E-state index is 12.8. The van der Waals surface area contributed by atoms with Crippen molar-refractivity contribution in [3.8, 4) is 34.5 Å². The predicted molar refractivity (Wildman–Crippen MR) is 160 cm³/mol. The van der Waals surface area contributed by atoms with E-state index >= 15 is 0 Å². The molecule has 0 fully saturated rings. The van der Waals surface area contributed by atoms with Gasteiger partial charge in [-0.15, -0.1) is 0 Å². The van der Waals surface area contributed by atoms with Crippen LogP contribution < -0.4 is 14.2 Å². The van der Waals surface area contributed by atoms with E-state index in [1.54, 1.807) is 24.3 Å². The van der Waals surface area contributed by atoms with Gasteiger partial charge in [-0.1, -0.05) is 51.2 Å². The molecule has 0 spiro atoms. The van der Waals surface area contributed by atoms with Crippen LogP contribution in [0.15, 0.2) is 77.2 Å². The fourth-order valence-corrected chi connectivity index (χ4v) is 4.71. The van der Waals surface area contributed by atoms with Crippen LogP contribution in [0, 0.1) is 0 Å². The summed E-state index contributed by atoms with van der Waals surface area (Å²) in [6.07, 6.45) is 7.23. The smallest absolute Gasteiger partial charge is 0.343 e. The van der Waals surface area contributed by atoms with Crippen LogP contribution in [-0.4, -0.2) is 29.3 Å². The fourth-order valence-electron chi connectivity index (χ4n) is 4.71. The number of rotatable bonds is 13. The molecule has 0 saturated heterocycles. The molecule has 0 radical (unpaired) electrons. The van der Waals surface area contributed by atoms with Crippen LogP contribution in [0.2, 0.25) is 0 Å². The van der Waals surface area contributed by atoms with Gasteiger partial charge in [-0.2, -0.15) is 0 Å². The van der Waals surface area contributed by atoms with E-state index in [0.29, 0.717) is 35.4 Å². The molecule has 0 atom stereocenters. The number of esters is 1. The van der Waals surface area contributed by atoms with Gasteiger partial charge in [0.25, 0.3) is 0 Å². The molecule has 0 bridgehead atoms. The molecule has 5 rings (SSSR count). The molecule has 4 aromatic carbocycles. The first-order valence-electron chi connectivity index (χ1n) is 14.3. The van der Waals surface area contributed by atoms with E-state index in [1.807, 2.05) is 49.4 Å². The van der Waals surface area contributed by atoms with Gasteiger partial charge >= 0.3 is 5.97 Å². The topological polar surface area (TPSA) is 91.0 Å². The van der Waals surface area contributed by atoms with Gasteiger partial charge in [-0.3, -0.25) is 0 Å². The number of benzene rings is 4. The zero-order chi connectivity index (χ0) is 28.6. The first-order chi connectivity index (χ1) is 20.0. The zero-order valence-electron chi connectivity index (χ0n) is 23.5. The Kier molecular flexibility index (Phi) is 9.04. The molecule has 0 aliphatic carbocycles. The number of hydrogen-bond acceptors (Lipinski definition) is 7. The van der Waals surface area contributed by atoms with Crippen molar-refractivity contribution in [3.63, 3.8) is 0 Å². The Balaban J connectivity index is 1.23. The van der Waals surface area contributed by atoms with Crippen LogP contribution in [0.1, 0.15) is 62.7 Å². The minimum Gasteiger partial charge on any atom is -0.507 e. The molecular weight excluding hydrogens is 518 g/mol. The highest BCUT2D eigenvalue weighted by atomic mass is 16.5. The Labute approximate surface area is 239 Å². The summed E-state index contributed by atoms with van der Waals surface area (Å²) < 4.78 is 22.9. The fraction of sp³-hybridized carbons (Fsp3) is 0.294. The van der Waals surface area contributed by atoms with Gasteiger partial charge in [-0.05, 0) is 72.6 Å². The van der Waals surface area contributed by atoms with Crippen molar-refractivity contribution < 1.29 is 28.5 Å². The molecule has 1 heterocycles. The van der Waals surface area contributed by atoms with Gasteiger partial charge in [0.2, 0.25) is 5.89 Å². The van der Waals surface area contributed by atoms with E-state index in [4.69, 9.17) is 18.6 Å². The number of nitrogens with zero attached hydrogens (tertiary/aromatic N) is 1. The van der Waals surface area contributed by atoms with Gasteiger partial charge in [0, 0.05) is 12.1 Å². The molecule has 0 unspecified atom stereocenters. The number of aromatic nitrogens is 1. The van der Waals surface area contributed by atoms with Gasteiger partial charge in [0.1, 0.15) is 28.5 Å². The Morgan fingerprint density at radius 1 is 0.780 bits per heavy atom. The van der Waals surface area contributed by atoms with Crippen LogP contribution in [0.3, 0.4) is 0 Å². The second-order valence-electron chi connectivity index (χ2n) is 9.99. The average molecular weight is 554 g/mol. The van der Waals surface area contributed by atoms with E-state index < -0.39 is 5.97 Å². The number of ether oxygens (including phenoxy) is 3. The monoisotopic (exact) mass is 553 g/mol. The molecule has 7 heteroatoms. The number of oxazole rings is 1. The van der Waals surface area contributed by atoms with Gasteiger partial charge in [-0.25, -0.2) is 9.78 Å². The number of carbonyl (C=O) groups excluding carboxylic acids is 1. The lowest BCUT2D eigenvalue weighted by molar-refractivity contribution is 0.0734. The number of phenolic OH excluding ortho intramolecular Hbond substituents is 1. The van der Waals surface area contributed by atoms with Gasteiger partial charge in [0.05, 0.1) is 24.3 Å². The van der Waals surface area contributed by atoms with Crippen molar-refractivity contribution in [3.05, 3.63) is 78.4 Å². The number of aromatic hydroxyl groups is 1. The molecule has 0 aliphatic rings. The third-order valence-electron chi connectivity index (χ3n) is 6.90. The van der Waals surface area contributed by atoms with Crippen LogP contribution in [0.25, 0.3) is 33.3 Å². The minimum atomic E-state index is -0.525. The van der Waals surface area contributed by atoms with E-state index in [0.717, 1.165) is 35.1 Å². The molecule has 0 aliphatic heterocycles. The molecule has 0 saturated carbocycles. The van der Waals surface area contributed by atoms with Crippen LogP contribution in [0.5, 0.6) is 23.0 Å². The van der Waals surface area contributed by atoms with E-state index in [9.17, 15) is 9.90 Å². The summed E-state index contributed by atoms with van der Waals surface area (Å²) in [5, 5.41) is 12.6. The van der Waals surface area contributed by atoms with Crippen molar-refractivity contribution in [2.24, 2.45) is 0 Å². The average Bonchev–Trinajstić information content (AvgIpc) is 3.40. The molecule has 212 valence electrons. The first kappa shape index (κ1) is 28.0. The van der Waals surface area contributed by atoms with E-state index in [2.05, 4.69) is 11.9 Å². The third-order valence-corrected chi connectivity index (χ3v) is 6.90. The largest absolute Gasteiger partial charge is 0.507 e. The number of hydrogen-bond donors (Lipinski definition) is 1. The zero-order valence-corrected chi connectivity index (χ0v) is 23.5. The van der Waals surface area contributed by atoms with E-state index in [-0.39, 0.29) is 17.4 Å². The number of fused-ring (bicyclic) bond motifs is 2. The Hall–Kier alpha value is -4.52. The van der Waals surface area contributed by atoms with Crippen LogP contribution in [0.4, 0.5) is 0 Å². The van der Waals surface area contributed by atoms with E-state index in [1.165, 1.54) is 31.7 Å². The molecule has 1 aromatic heterocycles. The normalized spacial score (nSPS) is 11.2. The van der Waals surface area contributed by atoms with Crippen molar-refractivity contribution >= 4 is 27.8 Å². The van der Waals surface area contributed by atoms with Crippen molar-refractivity contribution in [1.29, 1.82) is 0 Å². The first-order valence-corrected chi connectivity index (χ1v) is 14.3. The summed E-state index contributed by atoms with van der Waals surface area (Å²) in [7, 11) is 0. The predicted octanol–water partition coefficient (Wildman–Crippen LogP) is 8.71. The number of carbonyl (C=O) groups is 1. The lowest BCUT2D eigenvalue weighted by Gasteiger charge is -2.08. The van der Waals surface area contributed by atoms with Crippen molar-refractivity contribution in [2.75, 3.05) is 13.2 Å². The molecule has 1 N–H and O–H groups in total. The summed E-state index contributed by atoms with van der Waals surface area (Å²) >= 11 is 0. The summed E-state index contributed by atoms with van der Waals surface area (Å²) in [6, 6.07) is 21.2. The molecular formula is C34H35NO6. The second-order valence-corrected chi connectivity index (χ2v) is 9.99. The highest BCUT2D eigenvalue weighted by molar-refractivity contribution is 5.96. The maximum Gasteiger partial charge on any atom is 0.343 e. The minimum absolute atomic E-state index is 0.108. The summed E-state index contributed by atoms with van der Waals surface area (Å²) in [6.45, 7) is 5.40. The summed E-state index contributed by atoms with van der Waals surface area (Å²) in [4.78, 5) is 17.3. The summed E-state index contributed by atoms with van der Waals surface area (Å²) in [5.41, 5.74) is 2.02. The second kappa shape index (κ2) is 13.2. The van der Waals surface area contributed by atoms with Crippen molar-refractivity contribution in [1.82, 2.24) is 4.98 Å². The van der Waals surface area contributed by atoms with Crippen LogP contribution in [-0.2, 0) is 0 Å². The Morgan fingerprint density at radius 3 is 2.34 bits per heavy atom. The lowest BCUT2D eigenvalue weighted by Crippen LogP contribution is -2.08. The van der Waals surface area contributed by atoms with Crippen molar-refractivity contribution in [2.45, 2.75) is 52.4 Å². The summed E-state index contributed by atoms with van der Waals surface area (Å²) in [5.74, 6) is 1.35. The molecule has 41 heavy (non-hydrogen) atoms. The van der Waals surface area contributed by atoms with Gasteiger partial charge in [0.15, 0.2) is 5.58 Å². The Morgan fingerprint density at radius 2 is 1.51 bits per heavy atom. The lowest BCUT2D eigenvalue weighted by atomic mass is 10.1. The molecule has 7 nitrogen and oxygen atoms in total. The highest BCUT2D eigenvalue weighted by Gasteiger charge is 2.16. The molecule has 5 aromatic rings. The standard InChI is InChI=1S/C34H35NO6/c1-3-5-6-7-8-9-18-39-27-15-17-30-32(22-27)41-33(35-30)29-16-14-28(21-31(29)36)40-34(37)25-11-10-24-20-26(38-4-2)13-12-23(24)19-25/h10-17,19-22,36H,3-9,18H2,1-2H3.